The molecule has 1 N–H and O–H groups in total. The molecule has 6 heteroatoms. The summed E-state index contributed by atoms with van der Waals surface area (Å²) in [5.74, 6) is -0.457. The first kappa shape index (κ1) is 15.4. The van der Waals surface area contributed by atoms with Crippen LogP contribution in [0.5, 0.6) is 0 Å². The van der Waals surface area contributed by atoms with Gasteiger partial charge in [0, 0.05) is 44.1 Å². The predicted octanol–water partition coefficient (Wildman–Crippen LogP) is 1.54. The predicted molar refractivity (Wildman–Crippen MR) is 81.2 cm³/mol. The van der Waals surface area contributed by atoms with Crippen molar-refractivity contribution in [3.05, 3.63) is 30.1 Å². The van der Waals surface area contributed by atoms with Crippen LogP contribution >= 0.6 is 0 Å². The highest BCUT2D eigenvalue weighted by Gasteiger charge is 2.19. The third-order valence-electron chi connectivity index (χ3n) is 3.54. The molecule has 6 nitrogen and oxygen atoms in total. The van der Waals surface area contributed by atoms with Crippen molar-refractivity contribution >= 4 is 11.9 Å². The zero-order chi connectivity index (χ0) is 15.2. The Bertz CT molecular complexity index is 501. The molecule has 0 bridgehead atoms. The normalized spacial score (nSPS) is 18.1. The van der Waals surface area contributed by atoms with E-state index in [2.05, 4.69) is 33.9 Å². The lowest BCUT2D eigenvalue weighted by Crippen LogP contribution is -2.30. The van der Waals surface area contributed by atoms with Crippen LogP contribution in [-0.4, -0.2) is 52.1 Å². The van der Waals surface area contributed by atoms with Gasteiger partial charge in [0.15, 0.2) is 0 Å². The molecule has 21 heavy (non-hydrogen) atoms. The van der Waals surface area contributed by atoms with Crippen LogP contribution in [0, 0.1) is 0 Å². The van der Waals surface area contributed by atoms with Crippen LogP contribution in [0.2, 0.25) is 0 Å². The van der Waals surface area contributed by atoms with Gasteiger partial charge in [0.2, 0.25) is 5.95 Å². The van der Waals surface area contributed by atoms with E-state index in [1.54, 1.807) is 19.4 Å². The molecular weight excluding hydrogens is 268 g/mol. The van der Waals surface area contributed by atoms with Crippen LogP contribution in [0.15, 0.2) is 24.5 Å². The number of carbonyl (C=O) groups is 1. The van der Waals surface area contributed by atoms with Crippen molar-refractivity contribution < 1.29 is 9.90 Å². The van der Waals surface area contributed by atoms with Gasteiger partial charge in [-0.15, -0.1) is 0 Å². The topological polar surface area (TPSA) is 69.6 Å². The maximum absolute atomic E-state index is 10.7. The van der Waals surface area contributed by atoms with Gasteiger partial charge in [0.05, 0.1) is 0 Å². The van der Waals surface area contributed by atoms with E-state index in [1.807, 2.05) is 0 Å². The van der Waals surface area contributed by atoms with Gasteiger partial charge in [-0.2, -0.15) is 0 Å². The Morgan fingerprint density at radius 1 is 1.48 bits per heavy atom. The van der Waals surface area contributed by atoms with Crippen molar-refractivity contribution in [1.82, 2.24) is 14.9 Å². The Hall–Kier alpha value is -1.95. The number of nitrogens with zero attached hydrogens (tertiary/aromatic N) is 4. The molecule has 0 aliphatic carbocycles. The zero-order valence-corrected chi connectivity index (χ0v) is 12.6. The van der Waals surface area contributed by atoms with E-state index in [9.17, 15) is 4.79 Å². The number of likely N-dealkylation sites (N-methyl/N-ethyl adjacent to an activating group) is 1. The molecule has 2 heterocycles. The highest BCUT2D eigenvalue weighted by molar-refractivity contribution is 5.72. The summed E-state index contributed by atoms with van der Waals surface area (Å²) in [6.07, 6.45) is 10.4. The van der Waals surface area contributed by atoms with Gasteiger partial charge in [-0.1, -0.05) is 25.5 Å². The lowest BCUT2D eigenvalue weighted by atomic mass is 10.1. The maximum atomic E-state index is 10.7. The van der Waals surface area contributed by atoms with Gasteiger partial charge in [-0.05, 0) is 6.42 Å². The second-order valence-electron chi connectivity index (χ2n) is 5.35. The van der Waals surface area contributed by atoms with Crippen molar-refractivity contribution in [2.75, 3.05) is 25.0 Å². The average Bonchev–Trinajstić information content (AvgIpc) is 2.86. The van der Waals surface area contributed by atoms with E-state index in [4.69, 9.17) is 5.11 Å². The first-order valence-electron chi connectivity index (χ1n) is 7.24. The number of anilines is 1. The van der Waals surface area contributed by atoms with Crippen molar-refractivity contribution in [3.8, 4) is 0 Å². The Labute approximate surface area is 125 Å². The van der Waals surface area contributed by atoms with Gasteiger partial charge < -0.3 is 10.0 Å². The summed E-state index contributed by atoms with van der Waals surface area (Å²) in [7, 11) is 1.67. The first-order chi connectivity index (χ1) is 10.1. The highest BCUT2D eigenvalue weighted by Crippen LogP contribution is 2.18. The minimum atomic E-state index is -0.893. The molecule has 0 aromatic carbocycles. The Balaban J connectivity index is 1.95. The number of carboxylic acid groups (broad SMARTS) is 1. The van der Waals surface area contributed by atoms with E-state index >= 15 is 0 Å². The highest BCUT2D eigenvalue weighted by atomic mass is 16.4. The number of aromatic nitrogens is 2. The standard InChI is InChI=1S/C15H22N4O2/c1-3-5-13-6-4-7-19(13)10-12-8-16-15(17-9-12)18(2)11-14(20)21/h4,6,8-9,13H,3,5,7,10-11H2,1-2H3,(H,20,21)/t13-/m1/s1. The molecule has 2 rings (SSSR count). The molecule has 0 fully saturated rings. The quantitative estimate of drug-likeness (QED) is 0.768. The monoisotopic (exact) mass is 290 g/mol. The van der Waals surface area contributed by atoms with Gasteiger partial charge in [0.1, 0.15) is 6.54 Å². The zero-order valence-electron chi connectivity index (χ0n) is 12.6. The molecule has 1 aliphatic heterocycles. The summed E-state index contributed by atoms with van der Waals surface area (Å²) in [5, 5.41) is 8.76. The molecule has 0 saturated heterocycles. The summed E-state index contributed by atoms with van der Waals surface area (Å²) in [6.45, 7) is 3.88. The number of rotatable bonds is 7. The molecule has 1 aliphatic rings. The molecule has 0 spiro atoms. The summed E-state index contributed by atoms with van der Waals surface area (Å²) < 4.78 is 0. The smallest absolute Gasteiger partial charge is 0.323 e. The molecular formula is C15H22N4O2. The summed E-state index contributed by atoms with van der Waals surface area (Å²) in [4.78, 5) is 23.1. The minimum Gasteiger partial charge on any atom is -0.480 e. The SMILES string of the molecule is CCC[C@@H]1C=CCN1Cc1cnc(N(C)CC(=O)O)nc1. The third kappa shape index (κ3) is 4.26. The second kappa shape index (κ2) is 7.17. The third-order valence-corrected chi connectivity index (χ3v) is 3.54. The molecule has 1 aromatic heterocycles. The van der Waals surface area contributed by atoms with Crippen molar-refractivity contribution in [3.63, 3.8) is 0 Å². The van der Waals surface area contributed by atoms with Crippen molar-refractivity contribution in [2.24, 2.45) is 0 Å². The van der Waals surface area contributed by atoms with Crippen LogP contribution in [0.25, 0.3) is 0 Å². The fourth-order valence-corrected chi connectivity index (χ4v) is 2.50. The van der Waals surface area contributed by atoms with Gasteiger partial charge in [-0.3, -0.25) is 9.69 Å². The van der Waals surface area contributed by atoms with Crippen LogP contribution in [0.1, 0.15) is 25.3 Å². The second-order valence-corrected chi connectivity index (χ2v) is 5.35. The molecule has 0 unspecified atom stereocenters. The van der Waals surface area contributed by atoms with E-state index < -0.39 is 5.97 Å². The number of carboxylic acids is 1. The van der Waals surface area contributed by atoms with Crippen LogP contribution in [0.4, 0.5) is 5.95 Å². The van der Waals surface area contributed by atoms with Gasteiger partial charge >= 0.3 is 5.97 Å². The number of hydrogen-bond acceptors (Lipinski definition) is 5. The lowest BCUT2D eigenvalue weighted by Gasteiger charge is -2.24. The minimum absolute atomic E-state index is 0.103. The fraction of sp³-hybridized carbons (Fsp3) is 0.533. The molecule has 0 amide bonds. The molecule has 0 saturated carbocycles. The van der Waals surface area contributed by atoms with E-state index in [0.717, 1.165) is 25.1 Å². The van der Waals surface area contributed by atoms with Gasteiger partial charge in [0.25, 0.3) is 0 Å². The van der Waals surface area contributed by atoms with E-state index in [-0.39, 0.29) is 6.54 Å². The maximum Gasteiger partial charge on any atom is 0.323 e. The first-order valence-corrected chi connectivity index (χ1v) is 7.24. The number of hydrogen-bond donors (Lipinski definition) is 1. The number of aliphatic carboxylic acids is 1. The van der Waals surface area contributed by atoms with E-state index in [1.165, 1.54) is 11.3 Å². The Morgan fingerprint density at radius 2 is 2.19 bits per heavy atom. The van der Waals surface area contributed by atoms with Crippen molar-refractivity contribution in [2.45, 2.75) is 32.4 Å². The van der Waals surface area contributed by atoms with Gasteiger partial charge in [-0.25, -0.2) is 9.97 Å². The largest absolute Gasteiger partial charge is 0.480 e. The fourth-order valence-electron chi connectivity index (χ4n) is 2.50. The van der Waals surface area contributed by atoms with Crippen LogP contribution in [-0.2, 0) is 11.3 Å². The molecule has 0 radical (unpaired) electrons. The molecule has 1 aromatic rings. The summed E-state index contributed by atoms with van der Waals surface area (Å²) in [5.41, 5.74) is 1.05. The van der Waals surface area contributed by atoms with E-state index in [0.29, 0.717) is 12.0 Å². The molecule has 1 atom stereocenters. The summed E-state index contributed by atoms with van der Waals surface area (Å²) in [6, 6.07) is 0.504. The average molecular weight is 290 g/mol. The van der Waals surface area contributed by atoms with Crippen LogP contribution < -0.4 is 4.90 Å². The van der Waals surface area contributed by atoms with Crippen molar-refractivity contribution in [1.29, 1.82) is 0 Å². The van der Waals surface area contributed by atoms with Crippen LogP contribution in [0.3, 0.4) is 0 Å². The summed E-state index contributed by atoms with van der Waals surface area (Å²) >= 11 is 0. The lowest BCUT2D eigenvalue weighted by molar-refractivity contribution is -0.135. The Morgan fingerprint density at radius 3 is 2.81 bits per heavy atom. The Kier molecular flexibility index (Phi) is 5.27. The molecule has 114 valence electrons.